The average molecular weight is 429 g/mol. The van der Waals surface area contributed by atoms with E-state index in [4.69, 9.17) is 10.5 Å². The van der Waals surface area contributed by atoms with Crippen molar-refractivity contribution in [3.63, 3.8) is 0 Å². The molecule has 13 heteroatoms. The monoisotopic (exact) mass is 429 g/mol. The summed E-state index contributed by atoms with van der Waals surface area (Å²) in [6.07, 6.45) is -5.70. The molecule has 0 bridgehead atoms. The van der Waals surface area contributed by atoms with E-state index >= 15 is 0 Å². The van der Waals surface area contributed by atoms with Crippen LogP contribution in [0.1, 0.15) is 33.6 Å². The Labute approximate surface area is 166 Å². The fourth-order valence-corrected chi connectivity index (χ4v) is 3.04. The van der Waals surface area contributed by atoms with Crippen LogP contribution in [-0.4, -0.2) is 59.9 Å². The zero-order valence-corrected chi connectivity index (χ0v) is 15.1. The lowest BCUT2D eigenvalue weighted by atomic mass is 10.0. The van der Waals surface area contributed by atoms with Crippen molar-refractivity contribution < 1.29 is 46.6 Å². The highest BCUT2D eigenvalue weighted by molar-refractivity contribution is 6.25. The third-order valence-electron chi connectivity index (χ3n) is 4.33. The minimum absolute atomic E-state index is 0.0426. The van der Waals surface area contributed by atoms with Crippen molar-refractivity contribution in [2.45, 2.75) is 25.1 Å². The first-order valence-corrected chi connectivity index (χ1v) is 8.56. The number of halogens is 3. The van der Waals surface area contributed by atoms with Crippen LogP contribution in [-0.2, 0) is 14.4 Å². The average Bonchev–Trinajstić information content (AvgIpc) is 2.91. The number of carbonyl (C=O) groups excluding carboxylic acids is 5. The van der Waals surface area contributed by atoms with Gasteiger partial charge in [-0.2, -0.15) is 13.2 Å². The van der Waals surface area contributed by atoms with E-state index in [2.05, 4.69) is 4.74 Å². The number of benzene rings is 1. The Kier molecular flexibility index (Phi) is 5.48. The molecule has 3 N–H and O–H groups in total. The lowest BCUT2D eigenvalue weighted by Crippen LogP contribution is -2.54. The molecule has 0 spiro atoms. The molecule has 1 atom stereocenters. The molecule has 2 aliphatic heterocycles. The van der Waals surface area contributed by atoms with Crippen LogP contribution < -0.4 is 20.5 Å². The number of hydrogen-bond acceptors (Lipinski definition) is 8. The summed E-state index contributed by atoms with van der Waals surface area (Å²) in [4.78, 5) is 60.9. The molecule has 3 rings (SSSR count). The maximum atomic E-state index is 12.9. The summed E-state index contributed by atoms with van der Waals surface area (Å²) in [5.41, 5.74) is 4.26. The standard InChI is InChI=1S/C17H14F3N3O7/c18-17(19,20)16(28)30-12-9(29-6-5-21)3-1-7-11(12)15(27)23(14(7)26)8-2-4-10(24)22-13(8)25/h1,3,8H,2,4-6,21H2,(H,22,24,25). The number of ether oxygens (including phenoxy) is 2. The Hall–Kier alpha value is -3.48. The molecular formula is C17H14F3N3O7. The predicted octanol–water partition coefficient (Wildman–Crippen LogP) is -0.107. The molecule has 2 aliphatic rings. The number of carbonyl (C=O) groups is 5. The zero-order valence-electron chi connectivity index (χ0n) is 15.1. The highest BCUT2D eigenvalue weighted by atomic mass is 19.4. The molecule has 0 aromatic heterocycles. The summed E-state index contributed by atoms with van der Waals surface area (Å²) >= 11 is 0. The molecule has 1 unspecified atom stereocenters. The Morgan fingerprint density at radius 1 is 1.20 bits per heavy atom. The minimum atomic E-state index is -5.39. The molecule has 10 nitrogen and oxygen atoms in total. The molecule has 0 radical (unpaired) electrons. The fraction of sp³-hybridized carbons (Fsp3) is 0.353. The second-order valence-corrected chi connectivity index (χ2v) is 6.29. The molecule has 2 heterocycles. The van der Waals surface area contributed by atoms with Crippen LogP contribution in [0, 0.1) is 0 Å². The van der Waals surface area contributed by atoms with E-state index in [1.807, 2.05) is 5.32 Å². The van der Waals surface area contributed by atoms with Gasteiger partial charge >= 0.3 is 12.1 Å². The topological polar surface area (TPSA) is 145 Å². The second kappa shape index (κ2) is 7.74. The van der Waals surface area contributed by atoms with Crippen molar-refractivity contribution in [3.8, 4) is 11.5 Å². The van der Waals surface area contributed by atoms with Gasteiger partial charge in [0.2, 0.25) is 11.8 Å². The SMILES string of the molecule is NCCOc1ccc2c(c1OC(=O)C(F)(F)F)C(=O)N(C1CCC(=O)NC1=O)C2=O. The van der Waals surface area contributed by atoms with Gasteiger partial charge in [-0.05, 0) is 18.6 Å². The van der Waals surface area contributed by atoms with Gasteiger partial charge in [-0.15, -0.1) is 0 Å². The molecule has 0 saturated carbocycles. The summed E-state index contributed by atoms with van der Waals surface area (Å²) in [6, 6.07) is 0.792. The lowest BCUT2D eigenvalue weighted by Gasteiger charge is -2.27. The Morgan fingerprint density at radius 3 is 2.50 bits per heavy atom. The van der Waals surface area contributed by atoms with E-state index in [1.54, 1.807) is 0 Å². The maximum Gasteiger partial charge on any atom is 0.491 e. The summed E-state index contributed by atoms with van der Waals surface area (Å²) < 4.78 is 47.7. The van der Waals surface area contributed by atoms with Crippen LogP contribution >= 0.6 is 0 Å². The van der Waals surface area contributed by atoms with Gasteiger partial charge in [0.05, 0.1) is 11.1 Å². The van der Waals surface area contributed by atoms with Crippen molar-refractivity contribution in [2.24, 2.45) is 5.73 Å². The smallest absolute Gasteiger partial charge is 0.488 e. The van der Waals surface area contributed by atoms with Crippen molar-refractivity contribution in [3.05, 3.63) is 23.3 Å². The molecule has 160 valence electrons. The van der Waals surface area contributed by atoms with E-state index in [1.165, 1.54) is 0 Å². The Balaban J connectivity index is 2.05. The number of fused-ring (bicyclic) bond motifs is 1. The van der Waals surface area contributed by atoms with Gasteiger partial charge in [0.25, 0.3) is 11.8 Å². The number of hydrogen-bond donors (Lipinski definition) is 2. The molecular weight excluding hydrogens is 415 g/mol. The van der Waals surface area contributed by atoms with E-state index in [-0.39, 0.29) is 31.6 Å². The van der Waals surface area contributed by atoms with Crippen LogP contribution in [0.5, 0.6) is 11.5 Å². The Morgan fingerprint density at radius 2 is 1.90 bits per heavy atom. The highest BCUT2D eigenvalue weighted by Crippen LogP contribution is 2.40. The molecule has 1 saturated heterocycles. The number of nitrogens with two attached hydrogens (primary N) is 1. The first-order valence-electron chi connectivity index (χ1n) is 8.56. The van der Waals surface area contributed by atoms with Crippen molar-refractivity contribution in [2.75, 3.05) is 13.2 Å². The van der Waals surface area contributed by atoms with Crippen LogP contribution in [0.3, 0.4) is 0 Å². The first kappa shape index (κ1) is 21.2. The number of esters is 1. The van der Waals surface area contributed by atoms with E-state index in [0.717, 1.165) is 12.1 Å². The number of nitrogens with one attached hydrogen (secondary N) is 1. The summed E-state index contributed by atoms with van der Waals surface area (Å²) in [6.45, 7) is -0.229. The number of piperidine rings is 1. The minimum Gasteiger partial charge on any atom is -0.488 e. The zero-order chi connectivity index (χ0) is 22.2. The van der Waals surface area contributed by atoms with Crippen LogP contribution in [0.2, 0.25) is 0 Å². The Bertz CT molecular complexity index is 961. The molecule has 4 amide bonds. The number of imide groups is 2. The van der Waals surface area contributed by atoms with Gasteiger partial charge in [0.15, 0.2) is 11.5 Å². The largest absolute Gasteiger partial charge is 0.491 e. The number of nitrogens with zero attached hydrogens (tertiary/aromatic N) is 1. The summed E-state index contributed by atoms with van der Waals surface area (Å²) in [5, 5.41) is 1.98. The number of alkyl halides is 3. The van der Waals surface area contributed by atoms with E-state index < -0.39 is 58.9 Å². The molecule has 0 aliphatic carbocycles. The van der Waals surface area contributed by atoms with Crippen molar-refractivity contribution >= 4 is 29.6 Å². The van der Waals surface area contributed by atoms with Gasteiger partial charge in [-0.3, -0.25) is 29.4 Å². The lowest BCUT2D eigenvalue weighted by molar-refractivity contribution is -0.189. The van der Waals surface area contributed by atoms with Crippen molar-refractivity contribution in [1.82, 2.24) is 10.2 Å². The fourth-order valence-electron chi connectivity index (χ4n) is 3.04. The van der Waals surface area contributed by atoms with Gasteiger partial charge < -0.3 is 15.2 Å². The quantitative estimate of drug-likeness (QED) is 0.375. The predicted molar refractivity (Wildman–Crippen MR) is 89.4 cm³/mol. The molecule has 1 fully saturated rings. The van der Waals surface area contributed by atoms with Crippen LogP contribution in [0.15, 0.2) is 12.1 Å². The normalized spacial score (nSPS) is 18.9. The molecule has 30 heavy (non-hydrogen) atoms. The third kappa shape index (κ3) is 3.70. The molecule has 1 aromatic rings. The van der Waals surface area contributed by atoms with Crippen molar-refractivity contribution in [1.29, 1.82) is 0 Å². The summed E-state index contributed by atoms with van der Waals surface area (Å²) in [5.74, 6) is -7.60. The van der Waals surface area contributed by atoms with Gasteiger partial charge in [0, 0.05) is 13.0 Å². The first-order chi connectivity index (χ1) is 14.1. The number of rotatable bonds is 5. The highest BCUT2D eigenvalue weighted by Gasteiger charge is 2.48. The number of amides is 4. The van der Waals surface area contributed by atoms with Crippen LogP contribution in [0.4, 0.5) is 13.2 Å². The van der Waals surface area contributed by atoms with Crippen LogP contribution in [0.25, 0.3) is 0 Å². The third-order valence-corrected chi connectivity index (χ3v) is 4.33. The van der Waals surface area contributed by atoms with Gasteiger partial charge in [-0.1, -0.05) is 0 Å². The van der Waals surface area contributed by atoms with Gasteiger partial charge in [0.1, 0.15) is 12.6 Å². The maximum absolute atomic E-state index is 12.9. The second-order valence-electron chi connectivity index (χ2n) is 6.29. The van der Waals surface area contributed by atoms with E-state index in [9.17, 15) is 37.1 Å². The van der Waals surface area contributed by atoms with Gasteiger partial charge in [-0.25, -0.2) is 4.79 Å². The molecule has 1 aromatic carbocycles. The summed E-state index contributed by atoms with van der Waals surface area (Å²) in [7, 11) is 0. The van der Waals surface area contributed by atoms with E-state index in [0.29, 0.717) is 4.90 Å².